The minimum absolute atomic E-state index is 0.179. The van der Waals surface area contributed by atoms with Crippen LogP contribution in [0.4, 0.5) is 0 Å². The number of pyridine rings is 1. The zero-order valence-electron chi connectivity index (χ0n) is 20.9. The Balaban J connectivity index is 1.75. The average Bonchev–Trinajstić information content (AvgIpc) is 3.56. The van der Waals surface area contributed by atoms with Crippen LogP contribution in [0.15, 0.2) is 94.9 Å². The van der Waals surface area contributed by atoms with Crippen molar-refractivity contribution in [2.24, 2.45) is 5.92 Å². The second-order valence-electron chi connectivity index (χ2n) is 9.77. The highest BCUT2D eigenvalue weighted by Crippen LogP contribution is 2.36. The molecule has 2 aromatic carbocycles. The molecule has 0 N–H and O–H groups in total. The summed E-state index contributed by atoms with van der Waals surface area (Å²) in [6.07, 6.45) is 8.08. The molecule has 0 atom stereocenters. The first-order valence-electron chi connectivity index (χ1n) is 12.5. The van der Waals surface area contributed by atoms with E-state index in [0.717, 1.165) is 36.8 Å². The minimum Gasteiger partial charge on any atom is -0.237 e. The number of rotatable bonds is 7. The molecule has 0 saturated heterocycles. The van der Waals surface area contributed by atoms with Gasteiger partial charge < -0.3 is 0 Å². The Hall–Kier alpha value is -3.23. The number of allylic oxidation sites excluding steroid dienone is 1. The lowest BCUT2D eigenvalue weighted by atomic mass is 9.96. The number of fused-ring (bicyclic) bond motifs is 1. The van der Waals surface area contributed by atoms with Crippen molar-refractivity contribution in [1.29, 1.82) is 0 Å². The van der Waals surface area contributed by atoms with Gasteiger partial charge in [-0.05, 0) is 80.6 Å². The van der Waals surface area contributed by atoms with Crippen LogP contribution in [-0.4, -0.2) is 31.0 Å². The van der Waals surface area contributed by atoms with E-state index in [9.17, 15) is 16.8 Å². The van der Waals surface area contributed by atoms with Crippen molar-refractivity contribution in [1.82, 2.24) is 8.96 Å². The maximum atomic E-state index is 14.0. The van der Waals surface area contributed by atoms with Crippen LogP contribution in [-0.2, 0) is 19.9 Å². The maximum Gasteiger partial charge on any atom is 0.269 e. The summed E-state index contributed by atoms with van der Waals surface area (Å²) in [6, 6.07) is 20.6. The fourth-order valence-corrected chi connectivity index (χ4v) is 7.49. The fraction of sp³-hybridized carbons (Fsp3) is 0.276. The normalized spacial score (nSPS) is 15.6. The molecule has 2 heterocycles. The average molecular weight is 535 g/mol. The largest absolute Gasteiger partial charge is 0.269 e. The van der Waals surface area contributed by atoms with E-state index >= 15 is 0 Å². The third-order valence-corrected chi connectivity index (χ3v) is 10.9. The molecule has 0 spiro atoms. The Morgan fingerprint density at radius 1 is 0.892 bits per heavy atom. The number of nitrogens with zero attached hydrogens (tertiary/aromatic N) is 2. The van der Waals surface area contributed by atoms with Crippen molar-refractivity contribution in [2.75, 3.05) is 0 Å². The molecule has 1 fully saturated rings. The third-order valence-electron chi connectivity index (χ3n) is 6.99. The summed E-state index contributed by atoms with van der Waals surface area (Å²) >= 11 is 0. The van der Waals surface area contributed by atoms with E-state index in [1.165, 1.54) is 3.97 Å². The minimum atomic E-state index is -3.96. The van der Waals surface area contributed by atoms with Crippen LogP contribution in [0.25, 0.3) is 16.6 Å². The van der Waals surface area contributed by atoms with Crippen molar-refractivity contribution in [3.05, 3.63) is 96.3 Å². The second-order valence-corrected chi connectivity index (χ2v) is 14.1. The maximum absolute atomic E-state index is 14.0. The van der Waals surface area contributed by atoms with E-state index in [1.807, 2.05) is 12.1 Å². The van der Waals surface area contributed by atoms with Gasteiger partial charge >= 0.3 is 0 Å². The summed E-state index contributed by atoms with van der Waals surface area (Å²) in [5.74, 6) is 0.313. The van der Waals surface area contributed by atoms with Gasteiger partial charge in [0.15, 0.2) is 15.5 Å². The third kappa shape index (κ3) is 4.76. The molecule has 1 aliphatic rings. The molecule has 0 aliphatic heterocycles. The molecule has 2 aromatic heterocycles. The topological polar surface area (TPSA) is 86.1 Å². The van der Waals surface area contributed by atoms with Crippen LogP contribution < -0.4 is 0 Å². The van der Waals surface area contributed by atoms with Gasteiger partial charge in [0, 0.05) is 17.2 Å². The lowest BCUT2D eigenvalue weighted by Gasteiger charge is -2.16. The smallest absolute Gasteiger partial charge is 0.237 e. The van der Waals surface area contributed by atoms with Crippen molar-refractivity contribution in [3.8, 4) is 0 Å². The van der Waals surface area contributed by atoms with Crippen LogP contribution in [0.2, 0.25) is 0 Å². The standard InChI is InChI=1S/C29H30N2O4S2/c1-21(2)36(32,33)25-16-14-23(15-17-25)27(19-22-9-6-7-10-22)28-20-24-11-8-18-30-29(24)31(28)37(34,35)26-12-4-3-5-13-26/h3-5,8,11-22H,6-7,9-10H2,1-2H3. The van der Waals surface area contributed by atoms with Crippen LogP contribution in [0.5, 0.6) is 0 Å². The molecule has 6 nitrogen and oxygen atoms in total. The van der Waals surface area contributed by atoms with Gasteiger partial charge in [-0.1, -0.05) is 49.2 Å². The Kier molecular flexibility index (Phi) is 6.81. The number of sulfone groups is 1. The monoisotopic (exact) mass is 534 g/mol. The molecule has 4 aromatic rings. The fourth-order valence-electron chi connectivity index (χ4n) is 4.93. The van der Waals surface area contributed by atoms with E-state index in [1.54, 1.807) is 80.7 Å². The molecule has 1 aliphatic carbocycles. The zero-order chi connectivity index (χ0) is 26.2. The summed E-state index contributed by atoms with van der Waals surface area (Å²) in [5, 5.41) is 0.185. The molecular formula is C29H30N2O4S2. The molecule has 0 unspecified atom stereocenters. The highest BCUT2D eigenvalue weighted by atomic mass is 32.2. The van der Waals surface area contributed by atoms with E-state index in [0.29, 0.717) is 22.6 Å². The lowest BCUT2D eigenvalue weighted by molar-refractivity contribution is 0.586. The number of hydrogen-bond acceptors (Lipinski definition) is 5. The predicted molar refractivity (Wildman–Crippen MR) is 147 cm³/mol. The molecule has 37 heavy (non-hydrogen) atoms. The lowest BCUT2D eigenvalue weighted by Crippen LogP contribution is -2.16. The van der Waals surface area contributed by atoms with Crippen LogP contribution in [0.3, 0.4) is 0 Å². The van der Waals surface area contributed by atoms with Gasteiger partial charge in [-0.25, -0.2) is 25.8 Å². The molecular weight excluding hydrogens is 504 g/mol. The summed E-state index contributed by atoms with van der Waals surface area (Å²) in [6.45, 7) is 3.32. The quantitative estimate of drug-likeness (QED) is 0.287. The van der Waals surface area contributed by atoms with Gasteiger partial charge in [0.05, 0.1) is 20.7 Å². The van der Waals surface area contributed by atoms with Crippen molar-refractivity contribution in [2.45, 2.75) is 54.6 Å². The van der Waals surface area contributed by atoms with Crippen LogP contribution in [0.1, 0.15) is 50.8 Å². The molecule has 192 valence electrons. The van der Waals surface area contributed by atoms with E-state index in [4.69, 9.17) is 0 Å². The summed E-state index contributed by atoms with van der Waals surface area (Å²) in [5.41, 5.74) is 2.40. The first kappa shape index (κ1) is 25.4. The number of aromatic nitrogens is 2. The molecule has 5 rings (SSSR count). The van der Waals surface area contributed by atoms with Gasteiger partial charge in [0.2, 0.25) is 0 Å². The van der Waals surface area contributed by atoms with Gasteiger partial charge in [-0.2, -0.15) is 0 Å². The van der Waals surface area contributed by atoms with Crippen molar-refractivity contribution in [3.63, 3.8) is 0 Å². The molecule has 0 radical (unpaired) electrons. The van der Waals surface area contributed by atoms with E-state index < -0.39 is 25.1 Å². The second kappa shape index (κ2) is 9.91. The Morgan fingerprint density at radius 2 is 1.57 bits per heavy atom. The molecule has 8 heteroatoms. The summed E-state index contributed by atoms with van der Waals surface area (Å²) in [4.78, 5) is 4.88. The Bertz CT molecular complexity index is 1660. The van der Waals surface area contributed by atoms with Crippen molar-refractivity contribution >= 4 is 36.5 Å². The highest BCUT2D eigenvalue weighted by molar-refractivity contribution is 7.92. The van der Waals surface area contributed by atoms with Crippen LogP contribution in [0, 0.1) is 5.92 Å². The van der Waals surface area contributed by atoms with Gasteiger partial charge in [-0.3, -0.25) is 0 Å². The van der Waals surface area contributed by atoms with Gasteiger partial charge in [-0.15, -0.1) is 0 Å². The molecule has 0 bridgehead atoms. The Labute approximate surface area is 218 Å². The first-order chi connectivity index (χ1) is 17.7. The first-order valence-corrected chi connectivity index (χ1v) is 15.5. The van der Waals surface area contributed by atoms with Crippen LogP contribution >= 0.6 is 0 Å². The molecule has 1 saturated carbocycles. The van der Waals surface area contributed by atoms with E-state index in [-0.39, 0.29) is 9.79 Å². The summed E-state index contributed by atoms with van der Waals surface area (Å²) < 4.78 is 54.7. The summed E-state index contributed by atoms with van der Waals surface area (Å²) in [7, 11) is -7.39. The SMILES string of the molecule is CC(C)S(=O)(=O)c1ccc(C(=CC2CCCC2)c2cc3cccnc3n2S(=O)(=O)c2ccccc2)cc1. The highest BCUT2D eigenvalue weighted by Gasteiger charge is 2.27. The molecule has 0 amide bonds. The van der Waals surface area contributed by atoms with Crippen molar-refractivity contribution < 1.29 is 16.8 Å². The number of benzene rings is 2. The van der Waals surface area contributed by atoms with Gasteiger partial charge in [0.25, 0.3) is 10.0 Å². The van der Waals surface area contributed by atoms with E-state index in [2.05, 4.69) is 11.1 Å². The Morgan fingerprint density at radius 3 is 2.22 bits per heavy atom. The number of hydrogen-bond donors (Lipinski definition) is 0. The predicted octanol–water partition coefficient (Wildman–Crippen LogP) is 6.08. The van der Waals surface area contributed by atoms with Gasteiger partial charge in [0.1, 0.15) is 0 Å². The zero-order valence-corrected chi connectivity index (χ0v) is 22.5.